The lowest BCUT2D eigenvalue weighted by atomic mass is 10.0. The quantitative estimate of drug-likeness (QED) is 0.942. The van der Waals surface area contributed by atoms with Crippen molar-refractivity contribution in [2.24, 2.45) is 0 Å². The van der Waals surface area contributed by atoms with E-state index in [1.807, 2.05) is 0 Å². The first kappa shape index (κ1) is 13.1. The summed E-state index contributed by atoms with van der Waals surface area (Å²) in [5.41, 5.74) is 0.900. The molecule has 1 N–H and O–H groups in total. The molecule has 0 bridgehead atoms. The van der Waals surface area contributed by atoms with Gasteiger partial charge in [0.15, 0.2) is 0 Å². The lowest BCUT2D eigenvalue weighted by Gasteiger charge is -2.12. The van der Waals surface area contributed by atoms with Gasteiger partial charge in [-0.05, 0) is 39.7 Å². The molecule has 0 amide bonds. The number of aromatic nitrogens is 1. The molecule has 1 aromatic carbocycles. The SMILES string of the molecule is OC(Cc1ccc(F)c(Br)c1)c1ccncc1F. The van der Waals surface area contributed by atoms with E-state index >= 15 is 0 Å². The van der Waals surface area contributed by atoms with Crippen LogP contribution < -0.4 is 0 Å². The van der Waals surface area contributed by atoms with Gasteiger partial charge in [-0.15, -0.1) is 0 Å². The van der Waals surface area contributed by atoms with Crippen molar-refractivity contribution in [3.8, 4) is 0 Å². The second-order valence-corrected chi connectivity index (χ2v) is 4.72. The van der Waals surface area contributed by atoms with E-state index in [-0.39, 0.29) is 17.8 Å². The maximum atomic E-state index is 13.4. The Bertz CT molecular complexity index is 562. The summed E-state index contributed by atoms with van der Waals surface area (Å²) in [7, 11) is 0. The van der Waals surface area contributed by atoms with Gasteiger partial charge in [0.05, 0.1) is 16.8 Å². The van der Waals surface area contributed by atoms with E-state index in [2.05, 4.69) is 20.9 Å². The molecule has 94 valence electrons. The van der Waals surface area contributed by atoms with Crippen LogP contribution >= 0.6 is 15.9 Å². The molecule has 0 aliphatic heterocycles. The van der Waals surface area contributed by atoms with Crippen LogP contribution in [0.25, 0.3) is 0 Å². The maximum absolute atomic E-state index is 13.4. The minimum Gasteiger partial charge on any atom is -0.388 e. The Morgan fingerprint density at radius 1 is 1.22 bits per heavy atom. The predicted molar refractivity (Wildman–Crippen MR) is 67.0 cm³/mol. The molecule has 0 saturated heterocycles. The maximum Gasteiger partial charge on any atom is 0.147 e. The normalized spacial score (nSPS) is 12.4. The Morgan fingerprint density at radius 2 is 2.00 bits per heavy atom. The number of pyridine rings is 1. The summed E-state index contributed by atoms with van der Waals surface area (Å²) in [5.74, 6) is -0.922. The molecule has 2 aromatic rings. The molecular weight excluding hydrogens is 304 g/mol. The largest absolute Gasteiger partial charge is 0.388 e. The van der Waals surface area contributed by atoms with Crippen molar-refractivity contribution in [1.82, 2.24) is 4.98 Å². The van der Waals surface area contributed by atoms with E-state index in [9.17, 15) is 13.9 Å². The van der Waals surface area contributed by atoms with Gasteiger partial charge in [-0.25, -0.2) is 8.78 Å². The van der Waals surface area contributed by atoms with Gasteiger partial charge in [0.25, 0.3) is 0 Å². The highest BCUT2D eigenvalue weighted by atomic mass is 79.9. The fourth-order valence-electron chi connectivity index (χ4n) is 1.66. The number of halogens is 3. The van der Waals surface area contributed by atoms with Crippen LogP contribution in [0.5, 0.6) is 0 Å². The van der Waals surface area contributed by atoms with Gasteiger partial charge in [-0.2, -0.15) is 0 Å². The van der Waals surface area contributed by atoms with E-state index in [1.165, 1.54) is 18.3 Å². The molecule has 2 nitrogen and oxygen atoms in total. The summed E-state index contributed by atoms with van der Waals surface area (Å²) in [6.07, 6.45) is 1.70. The number of nitrogens with zero attached hydrogens (tertiary/aromatic N) is 1. The third kappa shape index (κ3) is 2.91. The topological polar surface area (TPSA) is 33.1 Å². The minimum absolute atomic E-state index is 0.186. The molecule has 0 fully saturated rings. The van der Waals surface area contributed by atoms with Crippen LogP contribution in [-0.4, -0.2) is 10.1 Å². The Kier molecular flexibility index (Phi) is 4.04. The fraction of sp³-hybridized carbons (Fsp3) is 0.154. The molecule has 1 aromatic heterocycles. The van der Waals surface area contributed by atoms with Crippen molar-refractivity contribution in [1.29, 1.82) is 0 Å². The van der Waals surface area contributed by atoms with Crippen molar-refractivity contribution >= 4 is 15.9 Å². The lowest BCUT2D eigenvalue weighted by molar-refractivity contribution is 0.173. The summed E-state index contributed by atoms with van der Waals surface area (Å²) in [4.78, 5) is 3.62. The highest BCUT2D eigenvalue weighted by Crippen LogP contribution is 2.23. The van der Waals surface area contributed by atoms with E-state index in [1.54, 1.807) is 12.1 Å². The highest BCUT2D eigenvalue weighted by molar-refractivity contribution is 9.10. The van der Waals surface area contributed by atoms with Gasteiger partial charge < -0.3 is 5.11 Å². The Hall–Kier alpha value is -1.33. The zero-order valence-electron chi connectivity index (χ0n) is 9.28. The van der Waals surface area contributed by atoms with Crippen molar-refractivity contribution in [2.45, 2.75) is 12.5 Å². The van der Waals surface area contributed by atoms with E-state index in [0.717, 1.165) is 6.20 Å². The average Bonchev–Trinajstić information content (AvgIpc) is 2.34. The van der Waals surface area contributed by atoms with Gasteiger partial charge in [-0.1, -0.05) is 6.07 Å². The van der Waals surface area contributed by atoms with E-state index < -0.39 is 11.9 Å². The number of aliphatic hydroxyl groups excluding tert-OH is 1. The van der Waals surface area contributed by atoms with Gasteiger partial charge in [0, 0.05) is 18.2 Å². The molecular formula is C13H10BrF2NO. The monoisotopic (exact) mass is 313 g/mol. The van der Waals surface area contributed by atoms with Crippen LogP contribution in [0.4, 0.5) is 8.78 Å². The minimum atomic E-state index is -0.981. The Balaban J connectivity index is 2.19. The molecule has 5 heteroatoms. The molecule has 0 aliphatic rings. The zero-order chi connectivity index (χ0) is 13.1. The van der Waals surface area contributed by atoms with Crippen LogP contribution in [0, 0.1) is 11.6 Å². The first-order valence-corrected chi connectivity index (χ1v) is 6.08. The second-order valence-electron chi connectivity index (χ2n) is 3.87. The summed E-state index contributed by atoms with van der Waals surface area (Å²) in [6, 6.07) is 5.85. The van der Waals surface area contributed by atoms with Crippen LogP contribution in [0.2, 0.25) is 0 Å². The third-order valence-corrected chi connectivity index (χ3v) is 3.18. The summed E-state index contributed by atoms with van der Waals surface area (Å²) < 4.78 is 26.8. The van der Waals surface area contributed by atoms with Crippen molar-refractivity contribution in [3.63, 3.8) is 0 Å². The van der Waals surface area contributed by atoms with E-state index in [0.29, 0.717) is 10.0 Å². The Labute approximate surface area is 111 Å². The van der Waals surface area contributed by atoms with Crippen LogP contribution in [0.3, 0.4) is 0 Å². The van der Waals surface area contributed by atoms with Crippen LogP contribution in [-0.2, 0) is 6.42 Å². The van der Waals surface area contributed by atoms with Crippen molar-refractivity contribution in [2.75, 3.05) is 0 Å². The molecule has 1 unspecified atom stereocenters. The van der Waals surface area contributed by atoms with Gasteiger partial charge >= 0.3 is 0 Å². The summed E-state index contributed by atoms with van der Waals surface area (Å²) >= 11 is 3.07. The first-order valence-electron chi connectivity index (χ1n) is 5.29. The standard InChI is InChI=1S/C13H10BrF2NO/c14-10-5-8(1-2-11(10)15)6-13(18)9-3-4-17-7-12(9)16/h1-5,7,13,18H,6H2. The van der Waals surface area contributed by atoms with E-state index in [4.69, 9.17) is 0 Å². The third-order valence-electron chi connectivity index (χ3n) is 2.58. The first-order chi connectivity index (χ1) is 8.58. The number of rotatable bonds is 3. The molecule has 18 heavy (non-hydrogen) atoms. The molecule has 0 radical (unpaired) electrons. The summed E-state index contributed by atoms with van der Waals surface area (Å²) in [5, 5.41) is 9.94. The summed E-state index contributed by atoms with van der Waals surface area (Å²) in [6.45, 7) is 0. The average molecular weight is 314 g/mol. The van der Waals surface area contributed by atoms with Crippen molar-refractivity contribution in [3.05, 3.63) is 63.9 Å². The molecule has 0 saturated carbocycles. The number of aliphatic hydroxyl groups is 1. The van der Waals surface area contributed by atoms with Crippen LogP contribution in [0.15, 0.2) is 41.1 Å². The number of hydrogen-bond donors (Lipinski definition) is 1. The van der Waals surface area contributed by atoms with Crippen LogP contribution in [0.1, 0.15) is 17.2 Å². The Morgan fingerprint density at radius 3 is 2.67 bits per heavy atom. The van der Waals surface area contributed by atoms with Gasteiger partial charge in [0.1, 0.15) is 11.6 Å². The second kappa shape index (κ2) is 5.54. The lowest BCUT2D eigenvalue weighted by Crippen LogP contribution is -2.05. The number of benzene rings is 1. The number of hydrogen-bond acceptors (Lipinski definition) is 2. The molecule has 2 rings (SSSR count). The van der Waals surface area contributed by atoms with Gasteiger partial charge in [-0.3, -0.25) is 4.98 Å². The fourth-order valence-corrected chi connectivity index (χ4v) is 2.08. The molecule has 1 heterocycles. The molecule has 0 spiro atoms. The highest BCUT2D eigenvalue weighted by Gasteiger charge is 2.13. The van der Waals surface area contributed by atoms with Gasteiger partial charge in [0.2, 0.25) is 0 Å². The molecule has 0 aliphatic carbocycles. The van der Waals surface area contributed by atoms with Crippen molar-refractivity contribution < 1.29 is 13.9 Å². The smallest absolute Gasteiger partial charge is 0.147 e. The predicted octanol–water partition coefficient (Wildman–Crippen LogP) is 3.40. The molecule has 1 atom stereocenters. The zero-order valence-corrected chi connectivity index (χ0v) is 10.9.